The molecule has 47 heavy (non-hydrogen) atoms. The van der Waals surface area contributed by atoms with Gasteiger partial charge in [-0.05, 0) is 39.5 Å². The van der Waals surface area contributed by atoms with Gasteiger partial charge in [0.25, 0.3) is 23.6 Å². The predicted octanol–water partition coefficient (Wildman–Crippen LogP) is 7.35. The van der Waals surface area contributed by atoms with Crippen molar-refractivity contribution in [2.75, 3.05) is 13.1 Å². The number of unbranched alkanes of at least 4 members (excludes halogenated alkanes) is 18. The molecule has 0 unspecified atom stereocenters. The number of carbonyl (C=O) groups excluding carboxylic acids is 4. The SMILES string of the molecule is CC1=CC(=O)N(CCCCCCCCCCCCC(=O)O)C1=O.CC1=CC(=O)N(CCCCCCCCCCCCC(=O)O)C1=O.[Zn]. The van der Waals surface area contributed by atoms with Gasteiger partial charge >= 0.3 is 11.9 Å². The summed E-state index contributed by atoms with van der Waals surface area (Å²) in [5.41, 5.74) is 1.08. The fourth-order valence-electron chi connectivity index (χ4n) is 5.62. The number of nitrogens with zero attached hydrogens (tertiary/aromatic N) is 2. The maximum atomic E-state index is 11.7. The van der Waals surface area contributed by atoms with Crippen molar-refractivity contribution < 1.29 is 58.5 Å². The van der Waals surface area contributed by atoms with Crippen molar-refractivity contribution in [1.29, 1.82) is 0 Å². The van der Waals surface area contributed by atoms with Crippen molar-refractivity contribution in [2.45, 2.75) is 155 Å². The fourth-order valence-corrected chi connectivity index (χ4v) is 5.62. The Morgan fingerprint density at radius 2 is 0.702 bits per heavy atom. The van der Waals surface area contributed by atoms with Crippen LogP contribution in [-0.2, 0) is 48.2 Å². The second kappa shape index (κ2) is 27.3. The Morgan fingerprint density at radius 1 is 0.468 bits per heavy atom. The van der Waals surface area contributed by atoms with E-state index in [4.69, 9.17) is 10.2 Å². The van der Waals surface area contributed by atoms with Gasteiger partial charge in [-0.15, -0.1) is 0 Å². The van der Waals surface area contributed by atoms with Gasteiger partial charge in [-0.25, -0.2) is 0 Å². The molecule has 0 spiro atoms. The first-order valence-corrected chi connectivity index (χ1v) is 17.6. The smallest absolute Gasteiger partial charge is 0.303 e. The number of carboxylic acids is 2. The van der Waals surface area contributed by atoms with E-state index in [9.17, 15) is 28.8 Å². The van der Waals surface area contributed by atoms with Gasteiger partial charge in [-0.2, -0.15) is 0 Å². The van der Waals surface area contributed by atoms with Crippen molar-refractivity contribution >= 4 is 35.6 Å². The third kappa shape index (κ3) is 21.0. The molecule has 0 bridgehead atoms. The molecule has 0 radical (unpaired) electrons. The van der Waals surface area contributed by atoms with Crippen molar-refractivity contribution in [3.8, 4) is 0 Å². The zero-order valence-electron chi connectivity index (χ0n) is 29.1. The van der Waals surface area contributed by atoms with Gasteiger partial charge in [-0.1, -0.05) is 103 Å². The van der Waals surface area contributed by atoms with Crippen LogP contribution < -0.4 is 0 Å². The van der Waals surface area contributed by atoms with Crippen molar-refractivity contribution in [3.63, 3.8) is 0 Å². The quantitative estimate of drug-likeness (QED) is 0.0537. The Balaban J connectivity index is 0.000000882. The van der Waals surface area contributed by atoms with Crippen LogP contribution in [0.5, 0.6) is 0 Å². The summed E-state index contributed by atoms with van der Waals surface area (Å²) in [4.78, 5) is 69.8. The average molecular weight is 712 g/mol. The Hall–Kier alpha value is -2.68. The summed E-state index contributed by atoms with van der Waals surface area (Å²) in [7, 11) is 0. The summed E-state index contributed by atoms with van der Waals surface area (Å²) in [6, 6.07) is 0. The number of carboxylic acid groups (broad SMARTS) is 2. The van der Waals surface area contributed by atoms with Gasteiger partial charge in [0, 0.05) is 68.7 Å². The zero-order valence-corrected chi connectivity index (χ0v) is 32.0. The third-order valence-electron chi connectivity index (χ3n) is 8.42. The van der Waals surface area contributed by atoms with Crippen molar-refractivity contribution in [1.82, 2.24) is 9.80 Å². The Morgan fingerprint density at radius 3 is 0.915 bits per heavy atom. The Labute approximate surface area is 294 Å². The molecule has 0 saturated heterocycles. The van der Waals surface area contributed by atoms with E-state index in [2.05, 4.69) is 0 Å². The normalized spacial score (nSPS) is 14.2. The number of hydrogen-bond donors (Lipinski definition) is 2. The number of carbonyl (C=O) groups is 6. The molecular weight excluding hydrogens is 654 g/mol. The standard InChI is InChI=1S/2C18H29NO4.Zn/c2*1-15-14-16(20)19(18(15)23)13-11-9-7-5-3-2-4-6-8-10-12-17(21)22;/h2*14H,2-13H2,1H3,(H,21,22);. The monoisotopic (exact) mass is 710 g/mol. The van der Waals surface area contributed by atoms with E-state index >= 15 is 0 Å². The van der Waals surface area contributed by atoms with Crippen LogP contribution in [0.4, 0.5) is 0 Å². The van der Waals surface area contributed by atoms with E-state index < -0.39 is 11.9 Å². The van der Waals surface area contributed by atoms with E-state index in [-0.39, 0.29) is 55.9 Å². The molecule has 0 aromatic heterocycles. The Kier molecular flexibility index (Phi) is 25.7. The van der Waals surface area contributed by atoms with E-state index in [0.29, 0.717) is 24.2 Å². The fraction of sp³-hybridized carbons (Fsp3) is 0.722. The molecule has 0 saturated carbocycles. The molecule has 10 nitrogen and oxygen atoms in total. The first-order valence-electron chi connectivity index (χ1n) is 17.6. The molecule has 0 fully saturated rings. The molecule has 2 N–H and O–H groups in total. The van der Waals surface area contributed by atoms with Crippen LogP contribution in [-0.4, -0.2) is 68.7 Å². The molecule has 2 rings (SSSR count). The number of rotatable bonds is 26. The van der Waals surface area contributed by atoms with Gasteiger partial charge in [0.05, 0.1) is 0 Å². The minimum Gasteiger partial charge on any atom is -0.481 e. The molecule has 262 valence electrons. The number of amides is 4. The van der Waals surface area contributed by atoms with Gasteiger partial charge in [0.2, 0.25) is 0 Å². The molecule has 0 aromatic rings. The van der Waals surface area contributed by atoms with Crippen LogP contribution in [0.1, 0.15) is 155 Å². The van der Waals surface area contributed by atoms with E-state index in [0.717, 1.165) is 77.0 Å². The maximum absolute atomic E-state index is 11.7. The number of hydrogen-bond acceptors (Lipinski definition) is 6. The predicted molar refractivity (Wildman–Crippen MR) is 178 cm³/mol. The first kappa shape index (κ1) is 44.3. The number of imide groups is 2. The summed E-state index contributed by atoms with van der Waals surface area (Å²) in [6.45, 7) is 4.44. The van der Waals surface area contributed by atoms with Gasteiger partial charge in [-0.3, -0.25) is 38.6 Å². The molecular formula is C36H58N2O8Zn. The van der Waals surface area contributed by atoms with Gasteiger partial charge in [0.1, 0.15) is 0 Å². The maximum Gasteiger partial charge on any atom is 0.303 e. The van der Waals surface area contributed by atoms with Crippen molar-refractivity contribution in [2.24, 2.45) is 0 Å². The van der Waals surface area contributed by atoms with Gasteiger partial charge in [0.15, 0.2) is 0 Å². The summed E-state index contributed by atoms with van der Waals surface area (Å²) in [5.74, 6) is -2.02. The van der Waals surface area contributed by atoms with Crippen LogP contribution in [0.2, 0.25) is 0 Å². The number of aliphatic carboxylic acids is 2. The molecule has 4 amide bonds. The summed E-state index contributed by atoms with van der Waals surface area (Å²) in [6.07, 6.45) is 25.0. The van der Waals surface area contributed by atoms with Crippen molar-refractivity contribution in [3.05, 3.63) is 23.3 Å². The molecule has 0 aromatic carbocycles. The van der Waals surface area contributed by atoms with Crippen LogP contribution in [0.25, 0.3) is 0 Å². The minimum atomic E-state index is -0.701. The first-order chi connectivity index (χ1) is 22.0. The average Bonchev–Trinajstić information content (AvgIpc) is 3.39. The minimum absolute atomic E-state index is 0. The third-order valence-corrected chi connectivity index (χ3v) is 8.42. The topological polar surface area (TPSA) is 149 Å². The molecule has 2 aliphatic heterocycles. The molecule has 0 atom stereocenters. The van der Waals surface area contributed by atoms with Crippen LogP contribution in [0.3, 0.4) is 0 Å². The van der Waals surface area contributed by atoms with E-state index in [1.165, 1.54) is 73.3 Å². The van der Waals surface area contributed by atoms with Crippen LogP contribution in [0.15, 0.2) is 23.3 Å². The van der Waals surface area contributed by atoms with Gasteiger partial charge < -0.3 is 10.2 Å². The molecule has 0 aliphatic carbocycles. The van der Waals surface area contributed by atoms with E-state index in [1.54, 1.807) is 13.8 Å². The molecule has 11 heteroatoms. The Bertz CT molecular complexity index is 974. The summed E-state index contributed by atoms with van der Waals surface area (Å²) >= 11 is 0. The molecule has 2 aliphatic rings. The molecule has 2 heterocycles. The van der Waals surface area contributed by atoms with Crippen LogP contribution >= 0.6 is 0 Å². The second-order valence-electron chi connectivity index (χ2n) is 12.6. The summed E-state index contributed by atoms with van der Waals surface area (Å²) < 4.78 is 0. The summed E-state index contributed by atoms with van der Waals surface area (Å²) in [5, 5.41) is 17.1. The zero-order chi connectivity index (χ0) is 34.2. The van der Waals surface area contributed by atoms with E-state index in [1.807, 2.05) is 0 Å². The second-order valence-corrected chi connectivity index (χ2v) is 12.6. The largest absolute Gasteiger partial charge is 0.481 e. The van der Waals surface area contributed by atoms with Crippen LogP contribution in [0, 0.1) is 0 Å².